The van der Waals surface area contributed by atoms with Gasteiger partial charge in [0.2, 0.25) is 0 Å². The summed E-state index contributed by atoms with van der Waals surface area (Å²) in [6.45, 7) is 2.11. The minimum Gasteiger partial charge on any atom is -0.317 e. The van der Waals surface area contributed by atoms with E-state index in [0.717, 1.165) is 36.8 Å². The zero-order chi connectivity index (χ0) is 10.8. The smallest absolute Gasteiger partial charge is 0.178 e. The molecule has 0 spiro atoms. The van der Waals surface area contributed by atoms with Gasteiger partial charge in [0.15, 0.2) is 5.82 Å². The molecule has 1 aliphatic heterocycles. The molecule has 3 heterocycles. The second-order valence-electron chi connectivity index (χ2n) is 3.91. The third-order valence-electron chi connectivity index (χ3n) is 2.84. The van der Waals surface area contributed by atoms with Gasteiger partial charge in [-0.15, -0.1) is 26.3 Å². The van der Waals surface area contributed by atoms with Crippen LogP contribution in [-0.4, -0.2) is 33.3 Å². The first-order valence-corrected chi connectivity index (χ1v) is 6.36. The average molecular weight is 235 g/mol. The van der Waals surface area contributed by atoms with Crippen molar-refractivity contribution in [3.05, 3.63) is 23.3 Å². The molecule has 0 unspecified atom stereocenters. The van der Waals surface area contributed by atoms with Crippen LogP contribution in [0.4, 0.5) is 0 Å². The summed E-state index contributed by atoms with van der Waals surface area (Å²) in [5, 5.41) is 19.1. The molecule has 0 atom stereocenters. The Morgan fingerprint density at radius 3 is 3.00 bits per heavy atom. The van der Waals surface area contributed by atoms with Gasteiger partial charge in [-0.3, -0.25) is 0 Å². The van der Waals surface area contributed by atoms with Gasteiger partial charge < -0.3 is 5.32 Å². The van der Waals surface area contributed by atoms with E-state index in [9.17, 15) is 0 Å². The van der Waals surface area contributed by atoms with Crippen LogP contribution < -0.4 is 5.32 Å². The lowest BCUT2D eigenvalue weighted by Gasteiger charge is -2.18. The Morgan fingerprint density at radius 2 is 2.25 bits per heavy atom. The molecule has 6 heteroatoms. The molecule has 0 amide bonds. The first-order valence-electron chi connectivity index (χ1n) is 5.48. The Balaban J connectivity index is 1.82. The summed E-state index contributed by atoms with van der Waals surface area (Å²) in [6.07, 6.45) is 2.21. The van der Waals surface area contributed by atoms with Crippen LogP contribution in [0.25, 0.3) is 5.00 Å². The fourth-order valence-corrected chi connectivity index (χ4v) is 2.57. The molecule has 5 nitrogen and oxygen atoms in total. The lowest BCUT2D eigenvalue weighted by molar-refractivity contribution is 0.444. The molecule has 1 saturated heterocycles. The van der Waals surface area contributed by atoms with Crippen molar-refractivity contribution in [1.29, 1.82) is 0 Å². The number of thiophene rings is 1. The quantitative estimate of drug-likeness (QED) is 0.849. The maximum absolute atomic E-state index is 4.45. The van der Waals surface area contributed by atoms with E-state index in [4.69, 9.17) is 0 Å². The van der Waals surface area contributed by atoms with Gasteiger partial charge in [-0.2, -0.15) is 0 Å². The van der Waals surface area contributed by atoms with E-state index in [1.807, 2.05) is 17.5 Å². The summed E-state index contributed by atoms with van der Waals surface area (Å²) < 4.78 is 0. The predicted octanol–water partition coefficient (Wildman–Crippen LogP) is 1.19. The summed E-state index contributed by atoms with van der Waals surface area (Å²) in [7, 11) is 0. The minimum absolute atomic E-state index is 0.468. The molecule has 0 aliphatic carbocycles. The van der Waals surface area contributed by atoms with Crippen molar-refractivity contribution in [1.82, 2.24) is 25.5 Å². The third-order valence-corrected chi connectivity index (χ3v) is 3.67. The van der Waals surface area contributed by atoms with E-state index in [1.165, 1.54) is 0 Å². The Kier molecular flexibility index (Phi) is 2.67. The lowest BCUT2D eigenvalue weighted by Crippen LogP contribution is -2.27. The Labute approximate surface area is 97.5 Å². The van der Waals surface area contributed by atoms with Gasteiger partial charge in [0.25, 0.3) is 0 Å². The van der Waals surface area contributed by atoms with Crippen molar-refractivity contribution < 1.29 is 0 Å². The molecule has 1 fully saturated rings. The largest absolute Gasteiger partial charge is 0.317 e. The molecule has 0 bridgehead atoms. The summed E-state index contributed by atoms with van der Waals surface area (Å²) in [5.41, 5.74) is 0. The second kappa shape index (κ2) is 4.31. The predicted molar refractivity (Wildman–Crippen MR) is 61.9 cm³/mol. The van der Waals surface area contributed by atoms with Gasteiger partial charge in [-0.25, -0.2) is 0 Å². The van der Waals surface area contributed by atoms with E-state index in [-0.39, 0.29) is 0 Å². The van der Waals surface area contributed by atoms with Crippen LogP contribution in [0.15, 0.2) is 17.5 Å². The van der Waals surface area contributed by atoms with E-state index in [1.54, 1.807) is 16.1 Å². The highest BCUT2D eigenvalue weighted by atomic mass is 32.1. The fraction of sp³-hybridized carbons (Fsp3) is 0.500. The number of tetrazole rings is 1. The summed E-state index contributed by atoms with van der Waals surface area (Å²) >= 11 is 1.62. The molecule has 1 aliphatic rings. The van der Waals surface area contributed by atoms with Gasteiger partial charge in [0.05, 0.1) is 0 Å². The van der Waals surface area contributed by atoms with Crippen LogP contribution in [0.5, 0.6) is 0 Å². The second-order valence-corrected chi connectivity index (χ2v) is 4.84. The standard InChI is InChI=1S/C10H13N5S/c1-2-9(16-7-1)15-13-10(12-14-15)8-3-5-11-6-4-8/h1-2,7-8,11H,3-6H2. The van der Waals surface area contributed by atoms with Gasteiger partial charge in [-0.05, 0) is 48.7 Å². The number of nitrogens with one attached hydrogen (secondary N) is 1. The van der Waals surface area contributed by atoms with E-state index < -0.39 is 0 Å². The zero-order valence-electron chi connectivity index (χ0n) is 8.83. The first-order chi connectivity index (χ1) is 7.93. The molecule has 0 radical (unpaired) electrons. The molecule has 3 rings (SSSR count). The molecule has 0 aromatic carbocycles. The third kappa shape index (κ3) is 1.85. The summed E-state index contributed by atoms with van der Waals surface area (Å²) in [6, 6.07) is 3.99. The number of rotatable bonds is 2. The molecule has 0 saturated carbocycles. The van der Waals surface area contributed by atoms with Crippen LogP contribution in [0, 0.1) is 0 Å². The van der Waals surface area contributed by atoms with Crippen LogP contribution in [0.2, 0.25) is 0 Å². The molecule has 2 aromatic rings. The Hall–Kier alpha value is -1.27. The van der Waals surface area contributed by atoms with E-state index in [0.29, 0.717) is 5.92 Å². The van der Waals surface area contributed by atoms with Crippen molar-refractivity contribution in [2.45, 2.75) is 18.8 Å². The topological polar surface area (TPSA) is 55.6 Å². The number of nitrogens with zero attached hydrogens (tertiary/aromatic N) is 4. The van der Waals surface area contributed by atoms with Crippen LogP contribution in [0.3, 0.4) is 0 Å². The minimum atomic E-state index is 0.468. The van der Waals surface area contributed by atoms with Crippen LogP contribution in [-0.2, 0) is 0 Å². The monoisotopic (exact) mass is 235 g/mol. The van der Waals surface area contributed by atoms with Crippen molar-refractivity contribution in [3.63, 3.8) is 0 Å². The van der Waals surface area contributed by atoms with E-state index >= 15 is 0 Å². The Bertz CT molecular complexity index is 443. The molecular weight excluding hydrogens is 222 g/mol. The normalized spacial score (nSPS) is 17.8. The first kappa shape index (κ1) is 9.92. The van der Waals surface area contributed by atoms with Crippen LogP contribution in [0.1, 0.15) is 24.6 Å². The van der Waals surface area contributed by atoms with Crippen molar-refractivity contribution in [2.24, 2.45) is 0 Å². The van der Waals surface area contributed by atoms with Crippen LogP contribution >= 0.6 is 11.3 Å². The number of piperidine rings is 1. The molecule has 1 N–H and O–H groups in total. The highest BCUT2D eigenvalue weighted by Gasteiger charge is 2.20. The van der Waals surface area contributed by atoms with Gasteiger partial charge in [0.1, 0.15) is 5.00 Å². The number of hydrogen-bond acceptors (Lipinski definition) is 5. The molecular formula is C10H13N5S. The molecule has 84 valence electrons. The maximum atomic E-state index is 4.45. The zero-order valence-corrected chi connectivity index (χ0v) is 9.65. The fourth-order valence-electron chi connectivity index (χ4n) is 1.95. The van der Waals surface area contributed by atoms with Crippen molar-refractivity contribution >= 4 is 11.3 Å². The van der Waals surface area contributed by atoms with Gasteiger partial charge in [-0.1, -0.05) is 0 Å². The van der Waals surface area contributed by atoms with Crippen molar-refractivity contribution in [2.75, 3.05) is 13.1 Å². The summed E-state index contributed by atoms with van der Waals surface area (Å²) in [4.78, 5) is 1.63. The molecule has 16 heavy (non-hydrogen) atoms. The average Bonchev–Trinajstić information content (AvgIpc) is 3.01. The Morgan fingerprint density at radius 1 is 1.38 bits per heavy atom. The highest BCUT2D eigenvalue weighted by Crippen LogP contribution is 2.22. The maximum Gasteiger partial charge on any atom is 0.178 e. The highest BCUT2D eigenvalue weighted by molar-refractivity contribution is 7.12. The SMILES string of the molecule is c1csc(-n2nnc(C3CCNCC3)n2)c1. The van der Waals surface area contributed by atoms with Gasteiger partial charge >= 0.3 is 0 Å². The lowest BCUT2D eigenvalue weighted by atomic mass is 9.98. The van der Waals surface area contributed by atoms with Gasteiger partial charge in [0, 0.05) is 5.92 Å². The van der Waals surface area contributed by atoms with Crippen molar-refractivity contribution in [3.8, 4) is 5.00 Å². The number of aromatic nitrogens is 4. The summed E-state index contributed by atoms with van der Waals surface area (Å²) in [5.74, 6) is 1.35. The number of hydrogen-bond donors (Lipinski definition) is 1. The van der Waals surface area contributed by atoms with E-state index in [2.05, 4.69) is 20.7 Å². The molecule has 2 aromatic heterocycles.